The standard InChI is InChI=1S/C15H14N12O2S/c1-26-8-19-22-15(26)30-7-10-11(20-25-27(10)13-12(16)23-29-24-13)14(28)21-18-6-9-3-2-4-17-5-9/h2-6,8H,7H2,1H3,(H2,16,23)(H,21,28). The molecule has 0 fully saturated rings. The Kier molecular flexibility index (Phi) is 5.42. The summed E-state index contributed by atoms with van der Waals surface area (Å²) in [5, 5.41) is 27.6. The Morgan fingerprint density at radius 1 is 1.40 bits per heavy atom. The molecule has 14 nitrogen and oxygen atoms in total. The number of nitrogen functional groups attached to an aromatic ring is 1. The molecule has 4 aromatic heterocycles. The smallest absolute Gasteiger partial charge is 0.293 e. The number of rotatable bonds is 7. The molecule has 3 N–H and O–H groups in total. The second-order valence-electron chi connectivity index (χ2n) is 5.77. The lowest BCUT2D eigenvalue weighted by Gasteiger charge is -2.05. The highest BCUT2D eigenvalue weighted by atomic mass is 32.2. The van der Waals surface area contributed by atoms with Crippen molar-refractivity contribution in [1.29, 1.82) is 0 Å². The van der Waals surface area contributed by atoms with Gasteiger partial charge in [-0.15, -0.1) is 15.3 Å². The first kappa shape index (κ1) is 19.2. The van der Waals surface area contributed by atoms with Gasteiger partial charge in [0.15, 0.2) is 10.9 Å². The molecule has 4 rings (SSSR count). The summed E-state index contributed by atoms with van der Waals surface area (Å²) in [5.74, 6) is -0.175. The molecule has 0 spiro atoms. The largest absolute Gasteiger partial charge is 0.378 e. The van der Waals surface area contributed by atoms with Crippen LogP contribution in [0.4, 0.5) is 5.82 Å². The van der Waals surface area contributed by atoms with Crippen molar-refractivity contribution in [2.45, 2.75) is 10.9 Å². The predicted molar refractivity (Wildman–Crippen MR) is 103 cm³/mol. The molecule has 4 heterocycles. The van der Waals surface area contributed by atoms with Crippen molar-refractivity contribution >= 4 is 29.7 Å². The van der Waals surface area contributed by atoms with Crippen LogP contribution in [-0.4, -0.2) is 57.2 Å². The molecule has 0 unspecified atom stereocenters. The molecule has 0 aliphatic rings. The van der Waals surface area contributed by atoms with Crippen LogP contribution in [0.1, 0.15) is 21.7 Å². The topological polar surface area (TPSA) is 181 Å². The van der Waals surface area contributed by atoms with Crippen molar-refractivity contribution in [2.24, 2.45) is 12.1 Å². The van der Waals surface area contributed by atoms with Crippen LogP contribution in [0.5, 0.6) is 0 Å². The maximum atomic E-state index is 12.7. The highest BCUT2D eigenvalue weighted by Crippen LogP contribution is 2.24. The Labute approximate surface area is 172 Å². The summed E-state index contributed by atoms with van der Waals surface area (Å²) in [5.41, 5.74) is 9.35. The molecule has 4 aromatic rings. The molecule has 0 aliphatic carbocycles. The van der Waals surface area contributed by atoms with Crippen molar-refractivity contribution in [3.8, 4) is 5.82 Å². The van der Waals surface area contributed by atoms with E-state index < -0.39 is 5.91 Å². The van der Waals surface area contributed by atoms with Crippen LogP contribution in [0.15, 0.2) is 45.7 Å². The third-order valence-corrected chi connectivity index (χ3v) is 4.79. The summed E-state index contributed by atoms with van der Waals surface area (Å²) in [6, 6.07) is 3.55. The van der Waals surface area contributed by atoms with Crippen LogP contribution in [0.2, 0.25) is 0 Å². The van der Waals surface area contributed by atoms with E-state index in [0.717, 1.165) is 5.56 Å². The molecule has 0 aromatic carbocycles. The summed E-state index contributed by atoms with van der Waals surface area (Å²) in [7, 11) is 1.80. The molecule has 0 radical (unpaired) electrons. The van der Waals surface area contributed by atoms with E-state index in [1.807, 2.05) is 0 Å². The van der Waals surface area contributed by atoms with Gasteiger partial charge in [0.25, 0.3) is 5.91 Å². The van der Waals surface area contributed by atoms with Gasteiger partial charge in [0.1, 0.15) is 6.33 Å². The van der Waals surface area contributed by atoms with Crippen LogP contribution < -0.4 is 11.2 Å². The fourth-order valence-corrected chi connectivity index (χ4v) is 3.20. The molecule has 15 heteroatoms. The summed E-state index contributed by atoms with van der Waals surface area (Å²) in [6.45, 7) is 0. The predicted octanol–water partition coefficient (Wildman–Crippen LogP) is -0.188. The van der Waals surface area contributed by atoms with Crippen molar-refractivity contribution in [1.82, 2.24) is 50.5 Å². The molecule has 1 amide bonds. The zero-order valence-corrected chi connectivity index (χ0v) is 16.3. The molecule has 0 saturated carbocycles. The average Bonchev–Trinajstić information content (AvgIpc) is 3.46. The number of carbonyl (C=O) groups excluding carboxylic acids is 1. The molecule has 0 aliphatic heterocycles. The Bertz CT molecular complexity index is 1180. The Morgan fingerprint density at radius 3 is 3.00 bits per heavy atom. The van der Waals surface area contributed by atoms with Crippen LogP contribution in [-0.2, 0) is 12.8 Å². The first-order chi connectivity index (χ1) is 14.6. The number of pyridine rings is 1. The zero-order chi connectivity index (χ0) is 20.9. The molecule has 0 bridgehead atoms. The van der Waals surface area contributed by atoms with Gasteiger partial charge in [-0.1, -0.05) is 23.0 Å². The van der Waals surface area contributed by atoms with E-state index in [9.17, 15) is 4.79 Å². The lowest BCUT2D eigenvalue weighted by Crippen LogP contribution is -2.20. The minimum Gasteiger partial charge on any atom is -0.378 e. The van der Waals surface area contributed by atoms with Gasteiger partial charge in [-0.05, 0) is 16.4 Å². The summed E-state index contributed by atoms with van der Waals surface area (Å²) in [6.07, 6.45) is 6.27. The molecule has 0 saturated heterocycles. The molecular formula is C15H14N12O2S. The third-order valence-electron chi connectivity index (χ3n) is 3.75. The van der Waals surface area contributed by atoms with Gasteiger partial charge in [0, 0.05) is 30.8 Å². The summed E-state index contributed by atoms with van der Waals surface area (Å²) >= 11 is 1.32. The van der Waals surface area contributed by atoms with Gasteiger partial charge >= 0.3 is 0 Å². The lowest BCUT2D eigenvalue weighted by atomic mass is 10.3. The van der Waals surface area contributed by atoms with Crippen molar-refractivity contribution in [3.63, 3.8) is 0 Å². The van der Waals surface area contributed by atoms with E-state index in [1.165, 1.54) is 22.7 Å². The fraction of sp³-hybridized carbons (Fsp3) is 0.133. The van der Waals surface area contributed by atoms with Crippen LogP contribution in [0.25, 0.3) is 5.82 Å². The van der Waals surface area contributed by atoms with Crippen LogP contribution in [0, 0.1) is 0 Å². The number of anilines is 1. The minimum absolute atomic E-state index is 0.00589. The fourth-order valence-electron chi connectivity index (χ4n) is 2.32. The zero-order valence-electron chi connectivity index (χ0n) is 15.4. The first-order valence-corrected chi connectivity index (χ1v) is 9.35. The van der Waals surface area contributed by atoms with Crippen LogP contribution >= 0.6 is 11.8 Å². The number of nitrogens with zero attached hydrogens (tertiary/aromatic N) is 10. The molecular weight excluding hydrogens is 412 g/mol. The number of carbonyl (C=O) groups is 1. The van der Waals surface area contributed by atoms with Gasteiger partial charge < -0.3 is 10.3 Å². The quantitative estimate of drug-likeness (QED) is 0.227. The molecule has 0 atom stereocenters. The Hall–Kier alpha value is -4.14. The van der Waals surface area contributed by atoms with E-state index >= 15 is 0 Å². The lowest BCUT2D eigenvalue weighted by molar-refractivity contribution is 0.0949. The molecule has 152 valence electrons. The van der Waals surface area contributed by atoms with Gasteiger partial charge in [-0.2, -0.15) is 9.78 Å². The molecule has 30 heavy (non-hydrogen) atoms. The van der Waals surface area contributed by atoms with Gasteiger partial charge in [0.05, 0.1) is 11.9 Å². The van der Waals surface area contributed by atoms with Crippen LogP contribution in [0.3, 0.4) is 0 Å². The van der Waals surface area contributed by atoms with Crippen molar-refractivity contribution < 1.29 is 9.42 Å². The van der Waals surface area contributed by atoms with E-state index in [0.29, 0.717) is 10.9 Å². The Balaban J connectivity index is 1.59. The number of amides is 1. The summed E-state index contributed by atoms with van der Waals surface area (Å²) in [4.78, 5) is 16.6. The number of nitrogens with two attached hydrogens (primary N) is 1. The second-order valence-corrected chi connectivity index (χ2v) is 6.71. The highest BCUT2D eigenvalue weighted by molar-refractivity contribution is 7.98. The Morgan fingerprint density at radius 2 is 2.30 bits per heavy atom. The number of hydrogen-bond acceptors (Lipinski definition) is 12. The number of hydrogen-bond donors (Lipinski definition) is 2. The average molecular weight is 426 g/mol. The first-order valence-electron chi connectivity index (χ1n) is 8.36. The third kappa shape index (κ3) is 4.00. The maximum Gasteiger partial charge on any atom is 0.293 e. The van der Waals surface area contributed by atoms with Gasteiger partial charge in [-0.3, -0.25) is 9.78 Å². The van der Waals surface area contributed by atoms with Gasteiger partial charge in [-0.25, -0.2) is 10.1 Å². The van der Waals surface area contributed by atoms with Gasteiger partial charge in [0.2, 0.25) is 11.6 Å². The van der Waals surface area contributed by atoms with Crippen molar-refractivity contribution in [3.05, 3.63) is 47.8 Å². The number of hydrazone groups is 1. The number of thioether (sulfide) groups is 1. The van der Waals surface area contributed by atoms with Crippen molar-refractivity contribution in [2.75, 3.05) is 5.73 Å². The minimum atomic E-state index is -0.565. The van der Waals surface area contributed by atoms with E-state index in [-0.39, 0.29) is 23.1 Å². The van der Waals surface area contributed by atoms with E-state index in [2.05, 4.69) is 51.0 Å². The highest BCUT2D eigenvalue weighted by Gasteiger charge is 2.24. The normalized spacial score (nSPS) is 11.2. The SMILES string of the molecule is Cn1cnnc1SCc1c(C(=O)NN=Cc2cccnc2)nnn1-c1nonc1N. The number of aryl methyl sites for hydroxylation is 1. The maximum absolute atomic E-state index is 12.7. The number of aromatic nitrogens is 9. The van der Waals surface area contributed by atoms with E-state index in [4.69, 9.17) is 5.73 Å². The van der Waals surface area contributed by atoms with E-state index in [1.54, 1.807) is 42.5 Å². The monoisotopic (exact) mass is 426 g/mol. The second kappa shape index (κ2) is 8.48. The number of nitrogens with one attached hydrogen (secondary N) is 1. The summed E-state index contributed by atoms with van der Waals surface area (Å²) < 4.78 is 7.66.